The third kappa shape index (κ3) is 1.99. The van der Waals surface area contributed by atoms with Crippen molar-refractivity contribution in [2.24, 2.45) is 0 Å². The highest BCUT2D eigenvalue weighted by molar-refractivity contribution is 5.99. The van der Waals surface area contributed by atoms with E-state index in [9.17, 15) is 14.9 Å². The molecule has 0 saturated carbocycles. The molecule has 6 nitrogen and oxygen atoms in total. The minimum atomic E-state index is -0.543. The van der Waals surface area contributed by atoms with Crippen molar-refractivity contribution < 1.29 is 14.8 Å². The number of rotatable bonds is 2. The first kappa shape index (κ1) is 11.5. The van der Waals surface area contributed by atoms with Crippen LogP contribution in [-0.2, 0) is 0 Å². The van der Waals surface area contributed by atoms with Gasteiger partial charge in [-0.1, -0.05) is 12.1 Å². The molecule has 1 aliphatic rings. The summed E-state index contributed by atoms with van der Waals surface area (Å²) in [5.74, 6) is -0.397. The average Bonchev–Trinajstić information content (AvgIpc) is 2.23. The van der Waals surface area contributed by atoms with Crippen LogP contribution in [0.3, 0.4) is 0 Å². The van der Waals surface area contributed by atoms with E-state index in [1.165, 1.54) is 11.0 Å². The van der Waals surface area contributed by atoms with E-state index in [0.29, 0.717) is 5.56 Å². The van der Waals surface area contributed by atoms with E-state index in [1.807, 2.05) is 0 Å². The van der Waals surface area contributed by atoms with E-state index in [4.69, 9.17) is 5.11 Å². The molecule has 0 bridgehead atoms. The maximum atomic E-state index is 12.0. The topological polar surface area (TPSA) is 83.7 Å². The minimum Gasteiger partial charge on any atom is -0.389 e. The summed E-state index contributed by atoms with van der Waals surface area (Å²) in [6.45, 7) is 2.08. The number of carbonyl (C=O) groups excluding carboxylic acids is 1. The van der Waals surface area contributed by atoms with Crippen LogP contribution in [-0.4, -0.2) is 40.0 Å². The number of aliphatic hydroxyl groups is 1. The third-order valence-corrected chi connectivity index (χ3v) is 2.80. The van der Waals surface area contributed by atoms with Crippen LogP contribution < -0.4 is 0 Å². The molecule has 1 aromatic carbocycles. The normalized spacial score (nSPS) is 15.5. The molecule has 1 heterocycles. The summed E-state index contributed by atoms with van der Waals surface area (Å²) in [5.41, 5.74) is 0.391. The minimum absolute atomic E-state index is 0.0851. The van der Waals surface area contributed by atoms with Gasteiger partial charge in [0.25, 0.3) is 11.6 Å². The molecule has 1 N–H and O–H groups in total. The van der Waals surface area contributed by atoms with Crippen molar-refractivity contribution in [3.05, 3.63) is 39.4 Å². The molecule has 0 aliphatic carbocycles. The van der Waals surface area contributed by atoms with E-state index in [-0.39, 0.29) is 24.3 Å². The zero-order valence-electron chi connectivity index (χ0n) is 9.29. The Kier molecular flexibility index (Phi) is 2.81. The van der Waals surface area contributed by atoms with Crippen molar-refractivity contribution >= 4 is 11.6 Å². The summed E-state index contributed by atoms with van der Waals surface area (Å²) >= 11 is 0. The van der Waals surface area contributed by atoms with Crippen LogP contribution in [0.25, 0.3) is 0 Å². The molecule has 1 saturated heterocycles. The zero-order chi connectivity index (χ0) is 12.6. The predicted octanol–water partition coefficient (Wildman–Crippen LogP) is 0.720. The van der Waals surface area contributed by atoms with Gasteiger partial charge in [-0.2, -0.15) is 0 Å². The fraction of sp³-hybridized carbons (Fsp3) is 0.364. The number of nitro groups is 1. The zero-order valence-corrected chi connectivity index (χ0v) is 9.29. The molecule has 0 aromatic heterocycles. The fourth-order valence-electron chi connectivity index (χ4n) is 1.87. The number of carbonyl (C=O) groups is 1. The van der Waals surface area contributed by atoms with Gasteiger partial charge in [-0.3, -0.25) is 14.9 Å². The molecule has 0 spiro atoms. The first-order valence-electron chi connectivity index (χ1n) is 5.22. The number of likely N-dealkylation sites (tertiary alicyclic amines) is 1. The summed E-state index contributed by atoms with van der Waals surface area (Å²) in [6.07, 6.45) is -0.511. The van der Waals surface area contributed by atoms with Crippen LogP contribution in [0.4, 0.5) is 5.69 Å². The Morgan fingerprint density at radius 1 is 1.53 bits per heavy atom. The Balaban J connectivity index is 2.35. The highest BCUT2D eigenvalue weighted by Gasteiger charge is 2.33. The molecular weight excluding hydrogens is 224 g/mol. The molecule has 2 rings (SSSR count). The van der Waals surface area contributed by atoms with Crippen molar-refractivity contribution in [1.29, 1.82) is 0 Å². The monoisotopic (exact) mass is 236 g/mol. The van der Waals surface area contributed by atoms with Gasteiger partial charge in [0, 0.05) is 18.7 Å². The summed E-state index contributed by atoms with van der Waals surface area (Å²) in [5, 5.41) is 20.0. The molecule has 90 valence electrons. The largest absolute Gasteiger partial charge is 0.389 e. The number of amides is 1. The molecule has 0 radical (unpaired) electrons. The lowest BCUT2D eigenvalue weighted by atomic mass is 10.0. The van der Waals surface area contributed by atoms with Gasteiger partial charge in [0.1, 0.15) is 5.56 Å². The lowest BCUT2D eigenvalue weighted by molar-refractivity contribution is -0.385. The third-order valence-electron chi connectivity index (χ3n) is 2.80. The summed E-state index contributed by atoms with van der Waals surface area (Å²) in [6, 6.07) is 4.66. The number of para-hydroxylation sites is 1. The van der Waals surface area contributed by atoms with Crippen LogP contribution in [0.1, 0.15) is 15.9 Å². The van der Waals surface area contributed by atoms with E-state index >= 15 is 0 Å². The van der Waals surface area contributed by atoms with Gasteiger partial charge in [-0.15, -0.1) is 0 Å². The van der Waals surface area contributed by atoms with Crippen LogP contribution in [0, 0.1) is 17.0 Å². The van der Waals surface area contributed by atoms with Crippen molar-refractivity contribution in [3.8, 4) is 0 Å². The maximum absolute atomic E-state index is 12.0. The predicted molar refractivity (Wildman–Crippen MR) is 59.7 cm³/mol. The number of hydrogen-bond acceptors (Lipinski definition) is 4. The van der Waals surface area contributed by atoms with E-state index in [2.05, 4.69) is 0 Å². The van der Waals surface area contributed by atoms with Crippen LogP contribution in [0.2, 0.25) is 0 Å². The second kappa shape index (κ2) is 4.14. The highest BCUT2D eigenvalue weighted by atomic mass is 16.6. The summed E-state index contributed by atoms with van der Waals surface area (Å²) in [7, 11) is 0. The molecule has 1 aromatic rings. The molecule has 1 aliphatic heterocycles. The van der Waals surface area contributed by atoms with Gasteiger partial charge in [0.05, 0.1) is 11.0 Å². The van der Waals surface area contributed by atoms with Crippen molar-refractivity contribution in [2.75, 3.05) is 13.1 Å². The Bertz CT molecular complexity index is 480. The maximum Gasteiger partial charge on any atom is 0.285 e. The van der Waals surface area contributed by atoms with Crippen LogP contribution in [0.5, 0.6) is 0 Å². The number of β-amino-alcohol motifs (C(OH)–C–C–N with tert-alkyl or cyclic N) is 1. The van der Waals surface area contributed by atoms with Gasteiger partial charge in [0.2, 0.25) is 0 Å². The van der Waals surface area contributed by atoms with E-state index in [1.54, 1.807) is 19.1 Å². The summed E-state index contributed by atoms with van der Waals surface area (Å²) in [4.78, 5) is 23.7. The Morgan fingerprint density at radius 3 is 2.71 bits per heavy atom. The molecule has 0 unspecified atom stereocenters. The molecular formula is C11H12N2O4. The van der Waals surface area contributed by atoms with Gasteiger partial charge >= 0.3 is 0 Å². The number of benzene rings is 1. The number of aliphatic hydroxyl groups excluding tert-OH is 1. The fourth-order valence-corrected chi connectivity index (χ4v) is 1.87. The first-order chi connectivity index (χ1) is 8.00. The van der Waals surface area contributed by atoms with Gasteiger partial charge in [-0.25, -0.2) is 0 Å². The molecule has 0 atom stereocenters. The number of nitrogens with zero attached hydrogens (tertiary/aromatic N) is 2. The highest BCUT2D eigenvalue weighted by Crippen LogP contribution is 2.25. The second-order valence-electron chi connectivity index (χ2n) is 4.09. The molecule has 1 amide bonds. The van der Waals surface area contributed by atoms with Crippen molar-refractivity contribution in [1.82, 2.24) is 4.90 Å². The van der Waals surface area contributed by atoms with E-state index in [0.717, 1.165) is 0 Å². The number of aryl methyl sites for hydroxylation is 1. The SMILES string of the molecule is Cc1cccc(C(=O)N2CC(O)C2)c1[N+](=O)[O-]. The first-order valence-corrected chi connectivity index (χ1v) is 5.22. The van der Waals surface area contributed by atoms with Crippen molar-refractivity contribution in [3.63, 3.8) is 0 Å². The van der Waals surface area contributed by atoms with Crippen molar-refractivity contribution in [2.45, 2.75) is 13.0 Å². The second-order valence-corrected chi connectivity index (χ2v) is 4.09. The Labute approximate surface area is 97.6 Å². The average molecular weight is 236 g/mol. The standard InChI is InChI=1S/C11H12N2O4/c1-7-3-2-4-9(10(7)13(16)17)11(15)12-5-8(14)6-12/h2-4,8,14H,5-6H2,1H3. The molecule has 6 heteroatoms. The lowest BCUT2D eigenvalue weighted by Gasteiger charge is -2.35. The lowest BCUT2D eigenvalue weighted by Crippen LogP contribution is -2.53. The number of nitro benzene ring substituents is 1. The van der Waals surface area contributed by atoms with Gasteiger partial charge < -0.3 is 10.0 Å². The number of hydrogen-bond donors (Lipinski definition) is 1. The Morgan fingerprint density at radius 2 is 2.18 bits per heavy atom. The molecule has 1 fully saturated rings. The van der Waals surface area contributed by atoms with Crippen LogP contribution in [0.15, 0.2) is 18.2 Å². The quantitative estimate of drug-likeness (QED) is 0.605. The van der Waals surface area contributed by atoms with Gasteiger partial charge in [-0.05, 0) is 13.0 Å². The Hall–Kier alpha value is -1.95. The van der Waals surface area contributed by atoms with Gasteiger partial charge in [0.15, 0.2) is 0 Å². The van der Waals surface area contributed by atoms with Crippen LogP contribution >= 0.6 is 0 Å². The van der Waals surface area contributed by atoms with E-state index < -0.39 is 16.9 Å². The smallest absolute Gasteiger partial charge is 0.285 e. The molecule has 17 heavy (non-hydrogen) atoms. The summed E-state index contributed by atoms with van der Waals surface area (Å²) < 4.78 is 0.